The summed E-state index contributed by atoms with van der Waals surface area (Å²) in [6.45, 7) is 1.94. The number of hydrogen-bond donors (Lipinski definition) is 0. The van der Waals surface area contributed by atoms with Gasteiger partial charge in [-0.3, -0.25) is 0 Å². The van der Waals surface area contributed by atoms with Crippen LogP contribution in [0.3, 0.4) is 0 Å². The topological polar surface area (TPSA) is 37.4 Å². The molecule has 15 heavy (non-hydrogen) atoms. The van der Waals surface area contributed by atoms with Crippen LogP contribution in [0.15, 0.2) is 24.3 Å². The van der Waals surface area contributed by atoms with Gasteiger partial charge in [-0.25, -0.2) is 12.7 Å². The van der Waals surface area contributed by atoms with Gasteiger partial charge in [0.05, 0.1) is 5.75 Å². The second kappa shape index (κ2) is 4.96. The summed E-state index contributed by atoms with van der Waals surface area (Å²) in [6, 6.07) is 7.24. The maximum atomic E-state index is 11.5. The lowest BCUT2D eigenvalue weighted by molar-refractivity contribution is 0.468. The van der Waals surface area contributed by atoms with E-state index in [1.54, 1.807) is 20.0 Å². The van der Waals surface area contributed by atoms with Gasteiger partial charge in [0.25, 0.3) is 0 Å². The Morgan fingerprint density at radius 2 is 1.93 bits per heavy atom. The Labute approximate surface area is 95.7 Å². The minimum absolute atomic E-state index is 0.105. The number of hydrogen-bond acceptors (Lipinski definition) is 2. The maximum absolute atomic E-state index is 11.5. The second-order valence-electron chi connectivity index (χ2n) is 3.25. The van der Waals surface area contributed by atoms with Crippen LogP contribution in [-0.4, -0.2) is 25.5 Å². The second-order valence-corrected chi connectivity index (χ2v) is 6.02. The van der Waals surface area contributed by atoms with Gasteiger partial charge >= 0.3 is 0 Å². The van der Waals surface area contributed by atoms with E-state index in [2.05, 4.69) is 0 Å². The Morgan fingerprint density at radius 3 is 2.47 bits per heavy atom. The van der Waals surface area contributed by atoms with Crippen molar-refractivity contribution in [2.24, 2.45) is 0 Å². The third kappa shape index (κ3) is 3.19. The largest absolute Gasteiger partial charge is 0.213 e. The Morgan fingerprint density at radius 1 is 1.33 bits per heavy atom. The number of halogens is 1. The Balaban J connectivity index is 2.84. The van der Waals surface area contributed by atoms with Crippen molar-refractivity contribution in [2.45, 2.75) is 13.5 Å². The standard InChI is InChI=1S/C10H14ClNO2S/c1-3-15(13,14)12(2)8-9-6-4-5-7-10(9)11/h4-7H,3,8H2,1-2H3. The van der Waals surface area contributed by atoms with Gasteiger partial charge in [0.2, 0.25) is 10.0 Å². The SMILES string of the molecule is CCS(=O)(=O)N(C)Cc1ccccc1Cl. The molecule has 0 saturated heterocycles. The molecule has 0 fully saturated rings. The highest BCUT2D eigenvalue weighted by molar-refractivity contribution is 7.89. The molecule has 0 aliphatic rings. The summed E-state index contributed by atoms with van der Waals surface area (Å²) in [6.07, 6.45) is 0. The zero-order valence-electron chi connectivity index (χ0n) is 8.77. The highest BCUT2D eigenvalue weighted by Gasteiger charge is 2.15. The lowest BCUT2D eigenvalue weighted by atomic mass is 10.2. The van der Waals surface area contributed by atoms with E-state index < -0.39 is 10.0 Å². The van der Waals surface area contributed by atoms with E-state index in [1.807, 2.05) is 18.2 Å². The van der Waals surface area contributed by atoms with Crippen molar-refractivity contribution in [3.05, 3.63) is 34.9 Å². The third-order valence-corrected chi connectivity index (χ3v) is 4.37. The smallest absolute Gasteiger partial charge is 0.212 e. The van der Waals surface area contributed by atoms with E-state index in [0.717, 1.165) is 5.56 Å². The van der Waals surface area contributed by atoms with Crippen LogP contribution in [0.25, 0.3) is 0 Å². The predicted molar refractivity (Wildman–Crippen MR) is 62.4 cm³/mol. The maximum Gasteiger partial charge on any atom is 0.213 e. The Hall–Kier alpha value is -0.580. The van der Waals surface area contributed by atoms with E-state index in [9.17, 15) is 8.42 Å². The first-order valence-corrected chi connectivity index (χ1v) is 6.63. The molecule has 0 spiro atoms. The van der Waals surface area contributed by atoms with Crippen molar-refractivity contribution < 1.29 is 8.42 Å². The molecular formula is C10H14ClNO2S. The molecular weight excluding hydrogens is 234 g/mol. The Bertz CT molecular complexity index is 431. The van der Waals surface area contributed by atoms with Crippen molar-refractivity contribution in [1.29, 1.82) is 0 Å². The lowest BCUT2D eigenvalue weighted by Gasteiger charge is -2.16. The third-order valence-electron chi connectivity index (χ3n) is 2.19. The molecule has 0 aliphatic heterocycles. The van der Waals surface area contributed by atoms with Gasteiger partial charge in [0.15, 0.2) is 0 Å². The summed E-state index contributed by atoms with van der Waals surface area (Å²) < 4.78 is 24.3. The normalized spacial score (nSPS) is 12.0. The molecule has 0 aromatic heterocycles. The monoisotopic (exact) mass is 247 g/mol. The molecule has 0 aliphatic carbocycles. The molecule has 5 heteroatoms. The zero-order valence-corrected chi connectivity index (χ0v) is 10.3. The molecule has 1 aromatic rings. The van der Waals surface area contributed by atoms with E-state index >= 15 is 0 Å². The first-order chi connectivity index (χ1) is 6.97. The highest BCUT2D eigenvalue weighted by atomic mass is 35.5. The van der Waals surface area contributed by atoms with Crippen LogP contribution in [0, 0.1) is 0 Å². The van der Waals surface area contributed by atoms with E-state index in [1.165, 1.54) is 4.31 Å². The fourth-order valence-corrected chi connectivity index (χ4v) is 2.16. The summed E-state index contributed by atoms with van der Waals surface area (Å²) in [5, 5.41) is 0.593. The van der Waals surface area contributed by atoms with Gasteiger partial charge in [-0.05, 0) is 18.6 Å². The Kier molecular flexibility index (Phi) is 4.13. The average molecular weight is 248 g/mol. The van der Waals surface area contributed by atoms with Crippen LogP contribution in [0.2, 0.25) is 5.02 Å². The quantitative estimate of drug-likeness (QED) is 0.817. The molecule has 3 nitrogen and oxygen atoms in total. The van der Waals surface area contributed by atoms with Crippen LogP contribution in [0.4, 0.5) is 0 Å². The summed E-state index contributed by atoms with van der Waals surface area (Å²) >= 11 is 5.94. The van der Waals surface area contributed by atoms with Crippen molar-refractivity contribution in [3.8, 4) is 0 Å². The van der Waals surface area contributed by atoms with Crippen LogP contribution >= 0.6 is 11.6 Å². The van der Waals surface area contributed by atoms with E-state index in [-0.39, 0.29) is 5.75 Å². The molecule has 0 unspecified atom stereocenters. The molecule has 0 atom stereocenters. The highest BCUT2D eigenvalue weighted by Crippen LogP contribution is 2.17. The van der Waals surface area contributed by atoms with Crippen LogP contribution in [0.1, 0.15) is 12.5 Å². The van der Waals surface area contributed by atoms with Crippen molar-refractivity contribution >= 4 is 21.6 Å². The van der Waals surface area contributed by atoms with E-state index in [4.69, 9.17) is 11.6 Å². The van der Waals surface area contributed by atoms with Crippen LogP contribution < -0.4 is 0 Å². The van der Waals surface area contributed by atoms with Gasteiger partial charge < -0.3 is 0 Å². The van der Waals surface area contributed by atoms with Gasteiger partial charge in [0, 0.05) is 18.6 Å². The number of benzene rings is 1. The first kappa shape index (κ1) is 12.5. The zero-order chi connectivity index (χ0) is 11.5. The summed E-state index contributed by atoms with van der Waals surface area (Å²) in [5.74, 6) is 0.105. The summed E-state index contributed by atoms with van der Waals surface area (Å²) in [7, 11) is -1.58. The van der Waals surface area contributed by atoms with Gasteiger partial charge in [-0.15, -0.1) is 0 Å². The van der Waals surface area contributed by atoms with Crippen LogP contribution in [-0.2, 0) is 16.6 Å². The van der Waals surface area contributed by atoms with Crippen molar-refractivity contribution in [3.63, 3.8) is 0 Å². The average Bonchev–Trinajstić information content (AvgIpc) is 2.21. The molecule has 0 bridgehead atoms. The van der Waals surface area contributed by atoms with Crippen molar-refractivity contribution in [1.82, 2.24) is 4.31 Å². The molecule has 0 N–H and O–H groups in total. The van der Waals surface area contributed by atoms with Crippen LogP contribution in [0.5, 0.6) is 0 Å². The fraction of sp³-hybridized carbons (Fsp3) is 0.400. The number of nitrogens with zero attached hydrogens (tertiary/aromatic N) is 1. The van der Waals surface area contributed by atoms with Crippen molar-refractivity contribution in [2.75, 3.05) is 12.8 Å². The number of sulfonamides is 1. The molecule has 0 amide bonds. The molecule has 0 saturated carbocycles. The lowest BCUT2D eigenvalue weighted by Crippen LogP contribution is -2.27. The van der Waals surface area contributed by atoms with Gasteiger partial charge in [0.1, 0.15) is 0 Å². The molecule has 0 heterocycles. The summed E-state index contributed by atoms with van der Waals surface area (Å²) in [4.78, 5) is 0. The first-order valence-electron chi connectivity index (χ1n) is 4.65. The fourth-order valence-electron chi connectivity index (χ4n) is 1.19. The number of rotatable bonds is 4. The summed E-state index contributed by atoms with van der Waals surface area (Å²) in [5.41, 5.74) is 0.818. The van der Waals surface area contributed by atoms with Gasteiger partial charge in [-0.2, -0.15) is 0 Å². The van der Waals surface area contributed by atoms with E-state index in [0.29, 0.717) is 11.6 Å². The molecule has 84 valence electrons. The van der Waals surface area contributed by atoms with Gasteiger partial charge in [-0.1, -0.05) is 29.8 Å². The minimum Gasteiger partial charge on any atom is -0.212 e. The minimum atomic E-state index is -3.14. The predicted octanol–water partition coefficient (Wildman–Crippen LogP) is 2.12. The molecule has 0 radical (unpaired) electrons. The molecule has 1 rings (SSSR count). The molecule has 1 aromatic carbocycles.